The first-order valence-corrected chi connectivity index (χ1v) is 8.56. The van der Waals surface area contributed by atoms with Crippen LogP contribution in [-0.4, -0.2) is 50.7 Å². The van der Waals surface area contributed by atoms with E-state index in [2.05, 4.69) is 5.32 Å². The summed E-state index contributed by atoms with van der Waals surface area (Å²) >= 11 is 0. The monoisotopic (exact) mass is 323 g/mol. The summed E-state index contributed by atoms with van der Waals surface area (Å²) in [7, 11) is 1.63. The summed E-state index contributed by atoms with van der Waals surface area (Å²) in [5, 5.41) is 13.1. The molecule has 0 heterocycles. The van der Waals surface area contributed by atoms with Gasteiger partial charge < -0.3 is 24.6 Å². The van der Waals surface area contributed by atoms with Gasteiger partial charge in [0.05, 0.1) is 25.9 Å². The molecule has 0 aliphatic heterocycles. The van der Waals surface area contributed by atoms with Crippen molar-refractivity contribution in [2.45, 2.75) is 44.3 Å². The Morgan fingerprint density at radius 1 is 1.17 bits per heavy atom. The molecule has 0 aromatic heterocycles. The van der Waals surface area contributed by atoms with E-state index in [0.29, 0.717) is 32.4 Å². The number of ether oxygens (including phenoxy) is 3. The number of aliphatic hydroxyl groups is 1. The molecule has 1 aromatic carbocycles. The van der Waals surface area contributed by atoms with Crippen LogP contribution in [0.25, 0.3) is 0 Å². The number of benzene rings is 1. The van der Waals surface area contributed by atoms with E-state index in [4.69, 9.17) is 14.2 Å². The van der Waals surface area contributed by atoms with Crippen molar-refractivity contribution in [2.75, 3.05) is 33.4 Å². The fraction of sp³-hybridized carbons (Fsp3) is 0.667. The lowest BCUT2D eigenvalue weighted by molar-refractivity contribution is -0.0230. The zero-order chi connectivity index (χ0) is 16.3. The fourth-order valence-electron chi connectivity index (χ4n) is 2.78. The van der Waals surface area contributed by atoms with E-state index in [1.165, 1.54) is 19.3 Å². The minimum atomic E-state index is -0.469. The maximum Gasteiger partial charge on any atom is 0.161 e. The second kappa shape index (κ2) is 10.5. The summed E-state index contributed by atoms with van der Waals surface area (Å²) in [6.45, 7) is 2.11. The number of para-hydroxylation sites is 2. The molecular weight excluding hydrogens is 294 g/mol. The van der Waals surface area contributed by atoms with Gasteiger partial charge in [0, 0.05) is 13.1 Å². The molecule has 130 valence electrons. The van der Waals surface area contributed by atoms with Gasteiger partial charge in [-0.1, -0.05) is 31.4 Å². The van der Waals surface area contributed by atoms with E-state index in [-0.39, 0.29) is 0 Å². The molecule has 0 radical (unpaired) electrons. The second-order valence-corrected chi connectivity index (χ2v) is 5.95. The number of hydrogen-bond acceptors (Lipinski definition) is 5. The van der Waals surface area contributed by atoms with Gasteiger partial charge in [0.1, 0.15) is 6.61 Å². The molecule has 5 nitrogen and oxygen atoms in total. The van der Waals surface area contributed by atoms with Gasteiger partial charge in [-0.3, -0.25) is 0 Å². The highest BCUT2D eigenvalue weighted by Gasteiger charge is 2.15. The highest BCUT2D eigenvalue weighted by molar-refractivity contribution is 5.39. The van der Waals surface area contributed by atoms with Crippen LogP contribution < -0.4 is 14.8 Å². The predicted octanol–water partition coefficient (Wildman–Crippen LogP) is 2.37. The highest BCUT2D eigenvalue weighted by Crippen LogP contribution is 2.25. The molecule has 5 heteroatoms. The van der Waals surface area contributed by atoms with E-state index in [1.807, 2.05) is 24.3 Å². The van der Waals surface area contributed by atoms with Gasteiger partial charge in [0.2, 0.25) is 0 Å². The molecule has 1 aromatic rings. The van der Waals surface area contributed by atoms with Crippen molar-refractivity contribution in [1.82, 2.24) is 5.32 Å². The van der Waals surface area contributed by atoms with E-state index in [9.17, 15) is 5.11 Å². The molecule has 0 bridgehead atoms. The first kappa shape index (κ1) is 18.0. The molecule has 1 atom stereocenters. The fourth-order valence-corrected chi connectivity index (χ4v) is 2.78. The lowest BCUT2D eigenvalue weighted by Crippen LogP contribution is -2.34. The minimum Gasteiger partial charge on any atom is -0.493 e. The van der Waals surface area contributed by atoms with E-state index < -0.39 is 6.10 Å². The number of rotatable bonds is 10. The van der Waals surface area contributed by atoms with Crippen molar-refractivity contribution >= 4 is 0 Å². The van der Waals surface area contributed by atoms with Gasteiger partial charge in [0.25, 0.3) is 0 Å². The van der Waals surface area contributed by atoms with Crippen LogP contribution in [0.3, 0.4) is 0 Å². The van der Waals surface area contributed by atoms with Crippen molar-refractivity contribution in [3.63, 3.8) is 0 Å². The number of methoxy groups -OCH3 is 1. The normalized spacial score (nSPS) is 17.0. The lowest BCUT2D eigenvalue weighted by atomic mass is 9.98. The van der Waals surface area contributed by atoms with Crippen molar-refractivity contribution < 1.29 is 19.3 Å². The Labute approximate surface area is 138 Å². The SMILES string of the molecule is COc1ccccc1OCCNC[C@H](O)COC1CCCCC1. The Kier molecular flexibility index (Phi) is 8.21. The average Bonchev–Trinajstić information content (AvgIpc) is 2.61. The Morgan fingerprint density at radius 2 is 1.91 bits per heavy atom. The smallest absolute Gasteiger partial charge is 0.161 e. The summed E-state index contributed by atoms with van der Waals surface area (Å²) in [5.41, 5.74) is 0. The first-order valence-electron chi connectivity index (χ1n) is 8.56. The van der Waals surface area contributed by atoms with Crippen LogP contribution in [-0.2, 0) is 4.74 Å². The van der Waals surface area contributed by atoms with Crippen molar-refractivity contribution in [2.24, 2.45) is 0 Å². The van der Waals surface area contributed by atoms with E-state index >= 15 is 0 Å². The van der Waals surface area contributed by atoms with Crippen molar-refractivity contribution in [3.8, 4) is 11.5 Å². The molecule has 1 aliphatic rings. The average molecular weight is 323 g/mol. The van der Waals surface area contributed by atoms with Crippen LogP contribution in [0.2, 0.25) is 0 Å². The van der Waals surface area contributed by atoms with Crippen LogP contribution in [0.4, 0.5) is 0 Å². The van der Waals surface area contributed by atoms with E-state index in [0.717, 1.165) is 24.3 Å². The highest BCUT2D eigenvalue weighted by atomic mass is 16.5. The molecule has 2 N–H and O–H groups in total. The Balaban J connectivity index is 1.52. The van der Waals surface area contributed by atoms with Gasteiger partial charge in [-0.15, -0.1) is 0 Å². The van der Waals surface area contributed by atoms with Crippen LogP contribution >= 0.6 is 0 Å². The summed E-state index contributed by atoms with van der Waals surface area (Å²) in [6.07, 6.45) is 5.95. The first-order chi connectivity index (χ1) is 11.3. The maximum absolute atomic E-state index is 9.93. The molecule has 0 saturated heterocycles. The molecule has 2 rings (SSSR count). The number of nitrogens with one attached hydrogen (secondary N) is 1. The molecule has 1 fully saturated rings. The van der Waals surface area contributed by atoms with Crippen molar-refractivity contribution in [1.29, 1.82) is 0 Å². The van der Waals surface area contributed by atoms with Gasteiger partial charge in [0.15, 0.2) is 11.5 Å². The topological polar surface area (TPSA) is 60.0 Å². The summed E-state index contributed by atoms with van der Waals surface area (Å²) in [4.78, 5) is 0. The van der Waals surface area contributed by atoms with Gasteiger partial charge in [-0.25, -0.2) is 0 Å². The Bertz CT molecular complexity index is 435. The molecule has 1 saturated carbocycles. The third-order valence-corrected chi connectivity index (χ3v) is 4.06. The molecule has 0 amide bonds. The molecule has 0 unspecified atom stereocenters. The molecule has 23 heavy (non-hydrogen) atoms. The van der Waals surface area contributed by atoms with E-state index in [1.54, 1.807) is 7.11 Å². The Morgan fingerprint density at radius 3 is 2.65 bits per heavy atom. The summed E-state index contributed by atoms with van der Waals surface area (Å²) in [6, 6.07) is 7.57. The van der Waals surface area contributed by atoms with Gasteiger partial charge in [-0.2, -0.15) is 0 Å². The quantitative estimate of drug-likeness (QED) is 0.647. The predicted molar refractivity (Wildman–Crippen MR) is 90.2 cm³/mol. The zero-order valence-electron chi connectivity index (χ0n) is 14.0. The van der Waals surface area contributed by atoms with Crippen molar-refractivity contribution in [3.05, 3.63) is 24.3 Å². The number of hydrogen-bond donors (Lipinski definition) is 2. The Hall–Kier alpha value is -1.30. The van der Waals surface area contributed by atoms with Gasteiger partial charge in [-0.05, 0) is 25.0 Å². The standard InChI is InChI=1S/C18H29NO4/c1-21-17-9-5-6-10-18(17)22-12-11-19-13-15(20)14-23-16-7-3-2-4-8-16/h5-6,9-10,15-16,19-20H,2-4,7-8,11-14H2,1H3/t15-/m0/s1. The lowest BCUT2D eigenvalue weighted by Gasteiger charge is -2.23. The number of aliphatic hydroxyl groups excluding tert-OH is 1. The van der Waals surface area contributed by atoms with Crippen LogP contribution in [0.5, 0.6) is 11.5 Å². The minimum absolute atomic E-state index is 0.340. The van der Waals surface area contributed by atoms with Crippen LogP contribution in [0.1, 0.15) is 32.1 Å². The third-order valence-electron chi connectivity index (χ3n) is 4.06. The zero-order valence-corrected chi connectivity index (χ0v) is 14.0. The molecule has 0 spiro atoms. The second-order valence-electron chi connectivity index (χ2n) is 5.95. The largest absolute Gasteiger partial charge is 0.493 e. The molecular formula is C18H29NO4. The molecule has 1 aliphatic carbocycles. The summed E-state index contributed by atoms with van der Waals surface area (Å²) < 4.78 is 16.7. The van der Waals surface area contributed by atoms with Crippen LogP contribution in [0, 0.1) is 0 Å². The van der Waals surface area contributed by atoms with Gasteiger partial charge >= 0.3 is 0 Å². The maximum atomic E-state index is 9.93. The van der Waals surface area contributed by atoms with Crippen LogP contribution in [0.15, 0.2) is 24.3 Å². The third kappa shape index (κ3) is 6.77. The summed E-state index contributed by atoms with van der Waals surface area (Å²) in [5.74, 6) is 1.46.